The number of aromatic nitrogens is 1. The molecule has 1 aromatic rings. The van der Waals surface area contributed by atoms with E-state index in [0.29, 0.717) is 16.5 Å². The van der Waals surface area contributed by atoms with E-state index in [1.165, 1.54) is 0 Å². The third-order valence-corrected chi connectivity index (χ3v) is 3.93. The molecule has 1 unspecified atom stereocenters. The number of nitrogens with zero attached hydrogens (tertiary/aromatic N) is 1. The molecule has 1 aromatic heterocycles. The Morgan fingerprint density at radius 1 is 1.59 bits per heavy atom. The van der Waals surface area contributed by atoms with Crippen LogP contribution in [0, 0.1) is 0 Å². The molecule has 0 aliphatic carbocycles. The molecule has 17 heavy (non-hydrogen) atoms. The van der Waals surface area contributed by atoms with Gasteiger partial charge >= 0.3 is 0 Å². The first-order valence-electron chi connectivity index (χ1n) is 5.43. The number of carbonyl (C=O) groups is 1. The third-order valence-electron chi connectivity index (χ3n) is 2.58. The van der Waals surface area contributed by atoms with Crippen molar-refractivity contribution >= 4 is 35.1 Å². The van der Waals surface area contributed by atoms with Gasteiger partial charge in [-0.05, 0) is 24.3 Å². The Hall–Kier alpha value is -0.940. The van der Waals surface area contributed by atoms with Crippen LogP contribution in [-0.4, -0.2) is 35.5 Å². The maximum absolute atomic E-state index is 12.0. The van der Waals surface area contributed by atoms with Crippen molar-refractivity contribution in [2.24, 2.45) is 0 Å². The summed E-state index contributed by atoms with van der Waals surface area (Å²) in [6.45, 7) is 0. The molecule has 1 saturated heterocycles. The highest BCUT2D eigenvalue weighted by molar-refractivity contribution is 7.99. The lowest BCUT2D eigenvalue weighted by Gasteiger charge is -2.12. The van der Waals surface area contributed by atoms with Crippen molar-refractivity contribution in [1.29, 1.82) is 0 Å². The van der Waals surface area contributed by atoms with Crippen LogP contribution in [0.3, 0.4) is 0 Å². The van der Waals surface area contributed by atoms with Gasteiger partial charge in [0.25, 0.3) is 5.91 Å². The molecule has 0 spiro atoms. The molecule has 1 aliphatic heterocycles. The molecule has 92 valence electrons. The summed E-state index contributed by atoms with van der Waals surface area (Å²) in [7, 11) is 1.74. The Kier molecular flexibility index (Phi) is 4.12. The minimum Gasteiger partial charge on any atom is -0.373 e. The lowest BCUT2D eigenvalue weighted by molar-refractivity contribution is 0.0941. The number of rotatable bonds is 3. The Bertz CT molecular complexity index is 421. The summed E-state index contributed by atoms with van der Waals surface area (Å²) in [6.07, 6.45) is 1.04. The van der Waals surface area contributed by atoms with Gasteiger partial charge in [0.1, 0.15) is 11.0 Å². The summed E-state index contributed by atoms with van der Waals surface area (Å²) < 4.78 is 0. The maximum Gasteiger partial charge on any atom is 0.251 e. The van der Waals surface area contributed by atoms with Crippen LogP contribution in [0.25, 0.3) is 0 Å². The van der Waals surface area contributed by atoms with Crippen LogP contribution in [0.5, 0.6) is 0 Å². The van der Waals surface area contributed by atoms with Crippen molar-refractivity contribution in [3.63, 3.8) is 0 Å². The molecule has 0 bridgehead atoms. The summed E-state index contributed by atoms with van der Waals surface area (Å²) >= 11 is 7.72. The SMILES string of the molecule is CNc1cc(C(=O)NC2CCSC2)cc(Cl)n1. The minimum atomic E-state index is -0.0849. The highest BCUT2D eigenvalue weighted by Gasteiger charge is 2.18. The first-order chi connectivity index (χ1) is 8.19. The summed E-state index contributed by atoms with van der Waals surface area (Å²) in [5, 5.41) is 6.20. The number of anilines is 1. The van der Waals surface area contributed by atoms with E-state index in [-0.39, 0.29) is 11.9 Å². The third kappa shape index (κ3) is 3.26. The van der Waals surface area contributed by atoms with Gasteiger partial charge in [0.2, 0.25) is 0 Å². The first-order valence-corrected chi connectivity index (χ1v) is 6.96. The predicted molar refractivity (Wildman–Crippen MR) is 72.0 cm³/mol. The van der Waals surface area contributed by atoms with E-state index < -0.39 is 0 Å². The highest BCUT2D eigenvalue weighted by Crippen LogP contribution is 2.18. The fraction of sp³-hybridized carbons (Fsp3) is 0.455. The van der Waals surface area contributed by atoms with E-state index in [0.717, 1.165) is 17.9 Å². The van der Waals surface area contributed by atoms with E-state index >= 15 is 0 Å². The van der Waals surface area contributed by atoms with Crippen molar-refractivity contribution in [2.75, 3.05) is 23.9 Å². The molecule has 0 saturated carbocycles. The second-order valence-corrected chi connectivity index (χ2v) is 5.38. The van der Waals surface area contributed by atoms with Crippen LogP contribution < -0.4 is 10.6 Å². The quantitative estimate of drug-likeness (QED) is 0.826. The van der Waals surface area contributed by atoms with E-state index in [2.05, 4.69) is 15.6 Å². The average molecular weight is 272 g/mol. The number of halogens is 1. The number of carbonyl (C=O) groups excluding carboxylic acids is 1. The van der Waals surface area contributed by atoms with Gasteiger partial charge in [-0.15, -0.1) is 0 Å². The molecule has 2 N–H and O–H groups in total. The molecule has 0 radical (unpaired) electrons. The topological polar surface area (TPSA) is 54.0 Å². The summed E-state index contributed by atoms with van der Waals surface area (Å²) in [5.74, 6) is 2.62. The molecule has 2 rings (SSSR count). The van der Waals surface area contributed by atoms with Crippen molar-refractivity contribution in [2.45, 2.75) is 12.5 Å². The molecule has 1 aliphatic rings. The smallest absolute Gasteiger partial charge is 0.251 e. The molecule has 1 fully saturated rings. The van der Waals surface area contributed by atoms with Crippen LogP contribution in [-0.2, 0) is 0 Å². The summed E-state index contributed by atoms with van der Waals surface area (Å²) in [4.78, 5) is 16.0. The van der Waals surface area contributed by atoms with Crippen LogP contribution >= 0.6 is 23.4 Å². The lowest BCUT2D eigenvalue weighted by atomic mass is 10.2. The number of nitrogens with one attached hydrogen (secondary N) is 2. The Morgan fingerprint density at radius 2 is 2.41 bits per heavy atom. The number of hydrogen-bond donors (Lipinski definition) is 2. The van der Waals surface area contributed by atoms with Gasteiger partial charge in [-0.25, -0.2) is 4.98 Å². The summed E-state index contributed by atoms with van der Waals surface area (Å²) in [5.41, 5.74) is 0.547. The average Bonchev–Trinajstić information content (AvgIpc) is 2.81. The zero-order valence-electron chi connectivity index (χ0n) is 9.50. The van der Waals surface area contributed by atoms with Crippen LogP contribution in [0.1, 0.15) is 16.8 Å². The predicted octanol–water partition coefficient (Wildman–Crippen LogP) is 2.01. The summed E-state index contributed by atoms with van der Waals surface area (Å²) in [6, 6.07) is 3.56. The molecule has 1 atom stereocenters. The largest absolute Gasteiger partial charge is 0.373 e. The van der Waals surface area contributed by atoms with E-state index in [1.54, 1.807) is 19.2 Å². The van der Waals surface area contributed by atoms with Crippen molar-refractivity contribution in [1.82, 2.24) is 10.3 Å². The van der Waals surface area contributed by atoms with Crippen LogP contribution in [0.15, 0.2) is 12.1 Å². The molecule has 0 aromatic carbocycles. The molecule has 2 heterocycles. The van der Waals surface area contributed by atoms with Crippen molar-refractivity contribution in [3.05, 3.63) is 22.8 Å². The van der Waals surface area contributed by atoms with E-state index in [4.69, 9.17) is 11.6 Å². The zero-order chi connectivity index (χ0) is 12.3. The van der Waals surface area contributed by atoms with Gasteiger partial charge in [-0.3, -0.25) is 4.79 Å². The number of amides is 1. The van der Waals surface area contributed by atoms with Gasteiger partial charge in [-0.2, -0.15) is 11.8 Å². The van der Waals surface area contributed by atoms with Gasteiger partial charge in [-0.1, -0.05) is 11.6 Å². The number of pyridine rings is 1. The van der Waals surface area contributed by atoms with Gasteiger partial charge in [0, 0.05) is 24.4 Å². The zero-order valence-corrected chi connectivity index (χ0v) is 11.1. The Morgan fingerprint density at radius 3 is 3.06 bits per heavy atom. The fourth-order valence-electron chi connectivity index (χ4n) is 1.67. The normalized spacial score (nSPS) is 19.1. The maximum atomic E-state index is 12.0. The second-order valence-electron chi connectivity index (χ2n) is 3.85. The van der Waals surface area contributed by atoms with Crippen LogP contribution in [0.2, 0.25) is 5.15 Å². The van der Waals surface area contributed by atoms with Gasteiger partial charge < -0.3 is 10.6 Å². The highest BCUT2D eigenvalue weighted by atomic mass is 35.5. The number of thioether (sulfide) groups is 1. The van der Waals surface area contributed by atoms with Gasteiger partial charge in [0.05, 0.1) is 0 Å². The van der Waals surface area contributed by atoms with E-state index in [9.17, 15) is 4.79 Å². The Balaban J connectivity index is 2.09. The van der Waals surface area contributed by atoms with Gasteiger partial charge in [0.15, 0.2) is 0 Å². The first kappa shape index (κ1) is 12.5. The molecular formula is C11H14ClN3OS. The van der Waals surface area contributed by atoms with Crippen molar-refractivity contribution < 1.29 is 4.79 Å². The number of hydrogen-bond acceptors (Lipinski definition) is 4. The molecule has 1 amide bonds. The molecule has 6 heteroatoms. The Labute approximate surface area is 110 Å². The van der Waals surface area contributed by atoms with E-state index in [1.807, 2.05) is 11.8 Å². The van der Waals surface area contributed by atoms with Crippen molar-refractivity contribution in [3.8, 4) is 0 Å². The fourth-order valence-corrected chi connectivity index (χ4v) is 3.03. The minimum absolute atomic E-state index is 0.0849. The van der Waals surface area contributed by atoms with Crippen LogP contribution in [0.4, 0.5) is 5.82 Å². The molecular weight excluding hydrogens is 258 g/mol. The standard InChI is InChI=1S/C11H14ClN3OS/c1-13-10-5-7(4-9(12)15-10)11(16)14-8-2-3-17-6-8/h4-5,8H,2-3,6H2,1H3,(H,13,15)(H,14,16). The lowest BCUT2D eigenvalue weighted by Crippen LogP contribution is -2.34. The second kappa shape index (κ2) is 5.60. The monoisotopic (exact) mass is 271 g/mol. The molecule has 4 nitrogen and oxygen atoms in total.